The number of nitrogens with one attached hydrogen (secondary N) is 2. The molecule has 0 aliphatic carbocycles. The number of carbonyl (C=O) groups excluding carboxylic acids is 2. The second kappa shape index (κ2) is 8.39. The van der Waals surface area contributed by atoms with Gasteiger partial charge in [0.1, 0.15) is 11.4 Å². The van der Waals surface area contributed by atoms with Crippen LogP contribution in [0.4, 0.5) is 23.2 Å². The van der Waals surface area contributed by atoms with Gasteiger partial charge in [0.2, 0.25) is 0 Å². The molecule has 2 rings (SSSR count). The van der Waals surface area contributed by atoms with Crippen LogP contribution in [-0.2, 0) is 26.1 Å². The van der Waals surface area contributed by atoms with Crippen LogP contribution in [0, 0.1) is 5.82 Å². The van der Waals surface area contributed by atoms with Crippen LogP contribution in [0.25, 0.3) is 0 Å². The van der Waals surface area contributed by atoms with Crippen molar-refractivity contribution in [2.24, 2.45) is 0 Å². The maximum absolute atomic E-state index is 14.0. The summed E-state index contributed by atoms with van der Waals surface area (Å²) in [5.74, 6) is -2.65. The first-order valence-electron chi connectivity index (χ1n) is 8.13. The number of amides is 2. The number of halogens is 4. The highest BCUT2D eigenvalue weighted by molar-refractivity contribution is 6.39. The van der Waals surface area contributed by atoms with Crippen LogP contribution in [-0.4, -0.2) is 25.5 Å². The van der Waals surface area contributed by atoms with Crippen molar-refractivity contribution in [1.82, 2.24) is 5.32 Å². The Balaban J connectivity index is 2.00. The fourth-order valence-corrected chi connectivity index (χ4v) is 2.43. The van der Waals surface area contributed by atoms with Gasteiger partial charge in [-0.15, -0.1) is 0 Å². The number of hydrogen-bond donors (Lipinski definition) is 2. The maximum Gasteiger partial charge on any atom is 0.416 e. The molecular weight excluding hydrogens is 380 g/mol. The standard InChI is InChI=1S/C19H18F4N2O3/c1-18(28-2,14-5-3-4-6-15(14)20)11-24-16(26)17(27)25-13-9-7-12(8-10-13)19(21,22)23/h3-10H,11H2,1-2H3,(H,24,26)(H,25,27). The van der Waals surface area contributed by atoms with E-state index in [4.69, 9.17) is 4.74 Å². The Morgan fingerprint density at radius 1 is 1.00 bits per heavy atom. The molecule has 5 nitrogen and oxygen atoms in total. The van der Waals surface area contributed by atoms with Crippen molar-refractivity contribution < 1.29 is 31.9 Å². The molecule has 28 heavy (non-hydrogen) atoms. The van der Waals surface area contributed by atoms with Gasteiger partial charge in [0.05, 0.1) is 12.1 Å². The van der Waals surface area contributed by atoms with Crippen molar-refractivity contribution in [3.8, 4) is 0 Å². The Morgan fingerprint density at radius 2 is 1.61 bits per heavy atom. The fraction of sp³-hybridized carbons (Fsp3) is 0.263. The summed E-state index contributed by atoms with van der Waals surface area (Å²) in [5, 5.41) is 4.53. The highest BCUT2D eigenvalue weighted by atomic mass is 19.4. The molecule has 2 amide bonds. The zero-order valence-corrected chi connectivity index (χ0v) is 15.1. The fourth-order valence-electron chi connectivity index (χ4n) is 2.43. The van der Waals surface area contributed by atoms with E-state index in [0.29, 0.717) is 0 Å². The predicted octanol–water partition coefficient (Wildman–Crippen LogP) is 3.46. The molecule has 150 valence electrons. The predicted molar refractivity (Wildman–Crippen MR) is 93.8 cm³/mol. The van der Waals surface area contributed by atoms with Crippen LogP contribution in [0.5, 0.6) is 0 Å². The van der Waals surface area contributed by atoms with Crippen molar-refractivity contribution in [2.45, 2.75) is 18.7 Å². The maximum atomic E-state index is 14.0. The van der Waals surface area contributed by atoms with E-state index < -0.39 is 35.0 Å². The van der Waals surface area contributed by atoms with Gasteiger partial charge in [-0.2, -0.15) is 13.2 Å². The quantitative estimate of drug-likeness (QED) is 0.599. The first kappa shape index (κ1) is 21.4. The molecule has 1 atom stereocenters. The lowest BCUT2D eigenvalue weighted by atomic mass is 9.95. The van der Waals surface area contributed by atoms with Gasteiger partial charge in [0.25, 0.3) is 0 Å². The van der Waals surface area contributed by atoms with Crippen LogP contribution < -0.4 is 10.6 Å². The van der Waals surface area contributed by atoms with E-state index >= 15 is 0 Å². The topological polar surface area (TPSA) is 67.4 Å². The number of alkyl halides is 3. The molecule has 2 N–H and O–H groups in total. The Labute approximate surface area is 158 Å². The van der Waals surface area contributed by atoms with Gasteiger partial charge in [0, 0.05) is 18.4 Å². The van der Waals surface area contributed by atoms with Crippen LogP contribution in [0.15, 0.2) is 48.5 Å². The molecule has 0 spiro atoms. The van der Waals surface area contributed by atoms with E-state index in [-0.39, 0.29) is 17.8 Å². The number of benzene rings is 2. The summed E-state index contributed by atoms with van der Waals surface area (Å²) < 4.78 is 56.9. The molecule has 0 aliphatic heterocycles. The molecular formula is C19H18F4N2O3. The summed E-state index contributed by atoms with van der Waals surface area (Å²) in [6.07, 6.45) is -4.50. The van der Waals surface area contributed by atoms with E-state index in [0.717, 1.165) is 24.3 Å². The largest absolute Gasteiger partial charge is 0.416 e. The number of anilines is 1. The van der Waals surface area contributed by atoms with Gasteiger partial charge < -0.3 is 15.4 Å². The van der Waals surface area contributed by atoms with E-state index in [2.05, 4.69) is 10.6 Å². The van der Waals surface area contributed by atoms with Gasteiger partial charge in [0.15, 0.2) is 0 Å². The molecule has 0 aromatic heterocycles. The number of rotatable bonds is 5. The van der Waals surface area contributed by atoms with E-state index in [1.165, 1.54) is 25.3 Å². The second-order valence-corrected chi connectivity index (χ2v) is 6.13. The third-order valence-corrected chi connectivity index (χ3v) is 4.16. The Bertz CT molecular complexity index is 853. The smallest absolute Gasteiger partial charge is 0.372 e. The average Bonchev–Trinajstić information content (AvgIpc) is 2.66. The zero-order valence-electron chi connectivity index (χ0n) is 15.1. The lowest BCUT2D eigenvalue weighted by Gasteiger charge is -2.29. The number of carbonyl (C=O) groups is 2. The second-order valence-electron chi connectivity index (χ2n) is 6.13. The average molecular weight is 398 g/mol. The molecule has 0 heterocycles. The first-order chi connectivity index (χ1) is 13.1. The van der Waals surface area contributed by atoms with Crippen molar-refractivity contribution in [1.29, 1.82) is 0 Å². The zero-order chi connectivity index (χ0) is 20.9. The molecule has 0 radical (unpaired) electrons. The van der Waals surface area contributed by atoms with Gasteiger partial charge in [-0.3, -0.25) is 9.59 Å². The number of hydrogen-bond acceptors (Lipinski definition) is 3. The van der Waals surface area contributed by atoms with Crippen LogP contribution in [0.2, 0.25) is 0 Å². The molecule has 2 aromatic rings. The van der Waals surface area contributed by atoms with Crippen molar-refractivity contribution >= 4 is 17.5 Å². The van der Waals surface area contributed by atoms with Gasteiger partial charge >= 0.3 is 18.0 Å². The molecule has 0 aliphatic rings. The summed E-state index contributed by atoms with van der Waals surface area (Å²) in [6.45, 7) is 1.34. The third-order valence-electron chi connectivity index (χ3n) is 4.16. The lowest BCUT2D eigenvalue weighted by Crippen LogP contribution is -2.44. The first-order valence-corrected chi connectivity index (χ1v) is 8.13. The Morgan fingerprint density at radius 3 is 2.14 bits per heavy atom. The summed E-state index contributed by atoms with van der Waals surface area (Å²) in [5.41, 5.74) is -1.89. The van der Waals surface area contributed by atoms with Crippen molar-refractivity contribution in [3.63, 3.8) is 0 Å². The van der Waals surface area contributed by atoms with Crippen molar-refractivity contribution in [3.05, 3.63) is 65.5 Å². The highest BCUT2D eigenvalue weighted by Crippen LogP contribution is 2.30. The van der Waals surface area contributed by atoms with E-state index in [9.17, 15) is 27.2 Å². The minimum absolute atomic E-state index is 0.0248. The normalized spacial score (nSPS) is 13.5. The SMILES string of the molecule is COC(C)(CNC(=O)C(=O)Nc1ccc(C(F)(F)F)cc1)c1ccccc1F. The van der Waals surface area contributed by atoms with Crippen LogP contribution >= 0.6 is 0 Å². The van der Waals surface area contributed by atoms with Crippen LogP contribution in [0.3, 0.4) is 0 Å². The number of ether oxygens (including phenoxy) is 1. The monoisotopic (exact) mass is 398 g/mol. The van der Waals surface area contributed by atoms with Gasteiger partial charge in [-0.25, -0.2) is 4.39 Å². The molecule has 1 unspecified atom stereocenters. The number of methoxy groups -OCH3 is 1. The van der Waals surface area contributed by atoms with E-state index in [1.807, 2.05) is 0 Å². The summed E-state index contributed by atoms with van der Waals surface area (Å²) in [7, 11) is 1.33. The Hall–Kier alpha value is -2.94. The highest BCUT2D eigenvalue weighted by Gasteiger charge is 2.31. The lowest BCUT2D eigenvalue weighted by molar-refractivity contribution is -0.137. The summed E-state index contributed by atoms with van der Waals surface area (Å²) in [6, 6.07) is 9.49. The summed E-state index contributed by atoms with van der Waals surface area (Å²) >= 11 is 0. The molecule has 0 fully saturated rings. The summed E-state index contributed by atoms with van der Waals surface area (Å²) in [4.78, 5) is 23.9. The minimum atomic E-state index is -4.50. The van der Waals surface area contributed by atoms with Crippen molar-refractivity contribution in [2.75, 3.05) is 19.0 Å². The third kappa shape index (κ3) is 5.07. The van der Waals surface area contributed by atoms with Gasteiger partial charge in [-0.05, 0) is 37.3 Å². The Kier molecular flexibility index (Phi) is 6.40. The van der Waals surface area contributed by atoms with Crippen LogP contribution in [0.1, 0.15) is 18.1 Å². The molecule has 9 heteroatoms. The molecule has 0 saturated heterocycles. The minimum Gasteiger partial charge on any atom is -0.372 e. The van der Waals surface area contributed by atoms with E-state index in [1.54, 1.807) is 13.0 Å². The molecule has 0 saturated carbocycles. The molecule has 2 aromatic carbocycles. The molecule has 0 bridgehead atoms. The van der Waals surface area contributed by atoms with Gasteiger partial charge in [-0.1, -0.05) is 18.2 Å².